The highest BCUT2D eigenvalue weighted by atomic mass is 79.9. The van der Waals surface area contributed by atoms with Gasteiger partial charge in [-0.15, -0.1) is 0 Å². The molecule has 0 aliphatic carbocycles. The molecule has 1 aliphatic rings. The molecule has 1 atom stereocenters. The number of hydrogen-bond donors (Lipinski definition) is 1. The molecule has 1 aliphatic heterocycles. The molecular weight excluding hydrogens is 422 g/mol. The Morgan fingerprint density at radius 3 is 2.31 bits per heavy atom. The molecule has 8 heteroatoms. The minimum atomic E-state index is -3.95. The van der Waals surface area contributed by atoms with E-state index < -0.39 is 20.8 Å². The molecule has 0 fully saturated rings. The number of benzene rings is 2. The van der Waals surface area contributed by atoms with Gasteiger partial charge >= 0.3 is 0 Å². The summed E-state index contributed by atoms with van der Waals surface area (Å²) in [5, 5.41) is 0. The van der Waals surface area contributed by atoms with E-state index in [1.807, 2.05) is 13.8 Å². The van der Waals surface area contributed by atoms with Gasteiger partial charge in [-0.1, -0.05) is 48.0 Å². The van der Waals surface area contributed by atoms with Crippen molar-refractivity contribution in [1.29, 1.82) is 0 Å². The van der Waals surface area contributed by atoms with Crippen molar-refractivity contribution in [1.82, 2.24) is 4.72 Å². The third kappa shape index (κ3) is 3.86. The molecule has 6 nitrogen and oxygen atoms in total. The second-order valence-corrected chi connectivity index (χ2v) is 8.77. The highest BCUT2D eigenvalue weighted by Gasteiger charge is 2.25. The van der Waals surface area contributed by atoms with E-state index in [2.05, 4.69) is 20.7 Å². The van der Waals surface area contributed by atoms with Crippen LogP contribution in [0.25, 0.3) is 0 Å². The zero-order valence-corrected chi connectivity index (χ0v) is 16.6. The molecule has 26 heavy (non-hydrogen) atoms. The summed E-state index contributed by atoms with van der Waals surface area (Å²) in [6.45, 7) is 4.16. The van der Waals surface area contributed by atoms with Gasteiger partial charge in [-0.05, 0) is 41.3 Å². The quantitative estimate of drug-likeness (QED) is 0.721. The van der Waals surface area contributed by atoms with Gasteiger partial charge in [0.05, 0.1) is 4.90 Å². The second kappa shape index (κ2) is 7.28. The number of carbonyl (C=O) groups excluding carboxylic acids is 1. The van der Waals surface area contributed by atoms with E-state index in [1.54, 1.807) is 30.3 Å². The van der Waals surface area contributed by atoms with Gasteiger partial charge in [-0.25, -0.2) is 13.1 Å². The highest BCUT2D eigenvalue weighted by Crippen LogP contribution is 2.36. The van der Waals surface area contributed by atoms with Gasteiger partial charge in [0.25, 0.3) is 15.9 Å². The highest BCUT2D eigenvalue weighted by molar-refractivity contribution is 9.09. The molecule has 0 spiro atoms. The van der Waals surface area contributed by atoms with Crippen molar-refractivity contribution in [3.8, 4) is 11.5 Å². The molecule has 2 aromatic carbocycles. The predicted octanol–water partition coefficient (Wildman–Crippen LogP) is 3.48. The van der Waals surface area contributed by atoms with E-state index >= 15 is 0 Å². The van der Waals surface area contributed by atoms with Crippen LogP contribution in [0.15, 0.2) is 47.4 Å². The Hall–Kier alpha value is -2.06. The van der Waals surface area contributed by atoms with Gasteiger partial charge in [0.2, 0.25) is 6.79 Å². The molecule has 1 amide bonds. The number of hydrogen-bond acceptors (Lipinski definition) is 5. The Bertz CT molecular complexity index is 925. The normalized spacial score (nSPS) is 14.3. The van der Waals surface area contributed by atoms with E-state index in [-0.39, 0.29) is 11.7 Å². The van der Waals surface area contributed by atoms with Crippen LogP contribution in [0.2, 0.25) is 0 Å². The Morgan fingerprint density at radius 1 is 1.04 bits per heavy atom. The fourth-order valence-corrected chi connectivity index (χ4v) is 4.04. The fourth-order valence-electron chi connectivity index (χ4n) is 2.50. The van der Waals surface area contributed by atoms with Gasteiger partial charge in [-0.2, -0.15) is 0 Å². The van der Waals surface area contributed by atoms with Crippen molar-refractivity contribution in [3.05, 3.63) is 53.6 Å². The van der Waals surface area contributed by atoms with E-state index in [0.29, 0.717) is 23.0 Å². The zero-order valence-electron chi connectivity index (χ0n) is 14.2. The maximum Gasteiger partial charge on any atom is 0.264 e. The molecule has 0 aromatic heterocycles. The average molecular weight is 440 g/mol. The topological polar surface area (TPSA) is 81.7 Å². The molecule has 0 bridgehead atoms. The summed E-state index contributed by atoms with van der Waals surface area (Å²) in [5.41, 5.74) is 1.59. The van der Waals surface area contributed by atoms with Crippen LogP contribution in [0.4, 0.5) is 0 Å². The summed E-state index contributed by atoms with van der Waals surface area (Å²) in [6.07, 6.45) is 0. The predicted molar refractivity (Wildman–Crippen MR) is 100 cm³/mol. The lowest BCUT2D eigenvalue weighted by Crippen LogP contribution is -2.33. The number of rotatable bonds is 5. The smallest absolute Gasteiger partial charge is 0.264 e. The molecule has 1 N–H and O–H groups in total. The summed E-state index contributed by atoms with van der Waals surface area (Å²) >= 11 is 3.24. The molecule has 0 radical (unpaired) electrons. The molecule has 3 rings (SSSR count). The maximum atomic E-state index is 12.4. The van der Waals surface area contributed by atoms with Crippen LogP contribution < -0.4 is 14.2 Å². The standard InChI is InChI=1S/C18H18BrNO5S/c1-11(2)12-3-6-14(7-4-12)26(22,23)20-18(21)17(19)13-5-8-15-16(9-13)25-10-24-15/h3-9,11,17H,10H2,1-2H3,(H,20,21). The van der Waals surface area contributed by atoms with Crippen molar-refractivity contribution in [2.24, 2.45) is 0 Å². The lowest BCUT2D eigenvalue weighted by Gasteiger charge is -2.13. The van der Waals surface area contributed by atoms with E-state index in [1.165, 1.54) is 12.1 Å². The van der Waals surface area contributed by atoms with Gasteiger partial charge in [-0.3, -0.25) is 4.79 Å². The second-order valence-electron chi connectivity index (χ2n) is 6.17. The van der Waals surface area contributed by atoms with E-state index in [0.717, 1.165) is 5.56 Å². The number of halogens is 1. The van der Waals surface area contributed by atoms with Gasteiger partial charge in [0, 0.05) is 0 Å². The van der Waals surface area contributed by atoms with E-state index in [9.17, 15) is 13.2 Å². The van der Waals surface area contributed by atoms with Crippen LogP contribution in [0.5, 0.6) is 11.5 Å². The lowest BCUT2D eigenvalue weighted by atomic mass is 10.0. The van der Waals surface area contributed by atoms with Crippen LogP contribution in [0.1, 0.15) is 35.7 Å². The fraction of sp³-hybridized carbons (Fsp3) is 0.278. The zero-order chi connectivity index (χ0) is 18.9. The molecule has 0 saturated heterocycles. The van der Waals surface area contributed by atoms with Gasteiger partial charge < -0.3 is 9.47 Å². The molecule has 1 unspecified atom stereocenters. The largest absolute Gasteiger partial charge is 0.454 e. The Morgan fingerprint density at radius 2 is 1.65 bits per heavy atom. The van der Waals surface area contributed by atoms with Gasteiger partial charge in [0.1, 0.15) is 4.83 Å². The molecule has 2 aromatic rings. The third-order valence-corrected chi connectivity index (χ3v) is 6.32. The van der Waals surface area contributed by atoms with Crippen LogP contribution >= 0.6 is 15.9 Å². The monoisotopic (exact) mass is 439 g/mol. The van der Waals surface area contributed by atoms with Crippen LogP contribution in [-0.2, 0) is 14.8 Å². The number of alkyl halides is 1. The first-order valence-corrected chi connectivity index (χ1v) is 10.4. The molecular formula is C18H18BrNO5S. The number of nitrogens with one attached hydrogen (secondary N) is 1. The van der Waals surface area contributed by atoms with Crippen LogP contribution in [0.3, 0.4) is 0 Å². The van der Waals surface area contributed by atoms with Crippen molar-refractivity contribution in [2.45, 2.75) is 29.5 Å². The Kier molecular flexibility index (Phi) is 5.24. The molecule has 0 saturated carbocycles. The summed E-state index contributed by atoms with van der Waals surface area (Å²) in [7, 11) is -3.95. The summed E-state index contributed by atoms with van der Waals surface area (Å²) < 4.78 is 37.5. The van der Waals surface area contributed by atoms with E-state index in [4.69, 9.17) is 9.47 Å². The summed E-state index contributed by atoms with van der Waals surface area (Å²) in [6, 6.07) is 11.5. The number of ether oxygens (including phenoxy) is 2. The van der Waals surface area contributed by atoms with Crippen molar-refractivity contribution in [2.75, 3.05) is 6.79 Å². The summed E-state index contributed by atoms with van der Waals surface area (Å²) in [4.78, 5) is 11.6. The Labute approximate surface area is 160 Å². The Balaban J connectivity index is 1.75. The first-order valence-electron chi connectivity index (χ1n) is 7.98. The van der Waals surface area contributed by atoms with Crippen molar-refractivity contribution >= 4 is 31.9 Å². The molecule has 138 valence electrons. The minimum absolute atomic E-state index is 0.0423. The van der Waals surface area contributed by atoms with Crippen LogP contribution in [0, 0.1) is 0 Å². The summed E-state index contributed by atoms with van der Waals surface area (Å²) in [5.74, 6) is 0.717. The first kappa shape index (κ1) is 18.7. The molecule has 1 heterocycles. The average Bonchev–Trinajstić information content (AvgIpc) is 3.08. The number of sulfonamides is 1. The first-order chi connectivity index (χ1) is 12.3. The van der Waals surface area contributed by atoms with Crippen molar-refractivity contribution < 1.29 is 22.7 Å². The third-order valence-electron chi connectivity index (χ3n) is 4.01. The number of carbonyl (C=O) groups is 1. The number of amides is 1. The number of fused-ring (bicyclic) bond motifs is 1. The van der Waals surface area contributed by atoms with Crippen molar-refractivity contribution in [3.63, 3.8) is 0 Å². The van der Waals surface area contributed by atoms with Crippen LogP contribution in [-0.4, -0.2) is 21.1 Å². The van der Waals surface area contributed by atoms with Gasteiger partial charge in [0.15, 0.2) is 11.5 Å². The maximum absolute atomic E-state index is 12.4. The SMILES string of the molecule is CC(C)c1ccc(S(=O)(=O)NC(=O)C(Br)c2ccc3c(c2)OCO3)cc1. The minimum Gasteiger partial charge on any atom is -0.454 e. The lowest BCUT2D eigenvalue weighted by molar-refractivity contribution is -0.118.